The zero-order chi connectivity index (χ0) is 47.3. The Hall–Kier alpha value is -9.64. The Morgan fingerprint density at radius 3 is 1.50 bits per heavy atom. The number of nitrogens with zero attached hydrogens (tertiary/aromatic N) is 4. The van der Waals surface area contributed by atoms with Crippen molar-refractivity contribution in [3.8, 4) is 89.8 Å². The summed E-state index contributed by atoms with van der Waals surface area (Å²) in [5.41, 5.74) is 21.8. The molecule has 0 fully saturated rings. The van der Waals surface area contributed by atoms with Crippen molar-refractivity contribution in [1.82, 2.24) is 19.1 Å². The lowest BCUT2D eigenvalue weighted by Gasteiger charge is -2.13. The largest absolute Gasteiger partial charge is 0.309 e. The van der Waals surface area contributed by atoms with Crippen LogP contribution in [0.1, 0.15) is 0 Å². The molecule has 3 heterocycles. The van der Waals surface area contributed by atoms with Crippen LogP contribution in [0.15, 0.2) is 255 Å². The van der Waals surface area contributed by atoms with Gasteiger partial charge in [0, 0.05) is 49.6 Å². The average Bonchev–Trinajstić information content (AvgIpc) is 4.10. The van der Waals surface area contributed by atoms with Gasteiger partial charge in [0.05, 0.1) is 33.5 Å². The summed E-state index contributed by atoms with van der Waals surface area (Å²) in [6.45, 7) is 0. The molecule has 0 bridgehead atoms. The molecule has 1 aliphatic carbocycles. The number of benzene rings is 11. The van der Waals surface area contributed by atoms with Crippen molar-refractivity contribution in [3.05, 3.63) is 255 Å². The molecule has 0 radical (unpaired) electrons. The first-order valence-corrected chi connectivity index (χ1v) is 24.6. The summed E-state index contributed by atoms with van der Waals surface area (Å²) in [5.74, 6) is 0.702. The van der Waals surface area contributed by atoms with Crippen molar-refractivity contribution >= 4 is 54.4 Å². The van der Waals surface area contributed by atoms with E-state index in [9.17, 15) is 0 Å². The van der Waals surface area contributed by atoms with E-state index >= 15 is 0 Å². The van der Waals surface area contributed by atoms with Crippen molar-refractivity contribution in [2.45, 2.75) is 0 Å². The number of hydrogen-bond donors (Lipinski definition) is 0. The van der Waals surface area contributed by atoms with Gasteiger partial charge < -0.3 is 9.13 Å². The number of rotatable bonds is 7. The van der Waals surface area contributed by atoms with Crippen LogP contribution in [-0.4, -0.2) is 19.1 Å². The van der Waals surface area contributed by atoms with Crippen molar-refractivity contribution in [1.29, 1.82) is 0 Å². The van der Waals surface area contributed by atoms with Gasteiger partial charge in [-0.3, -0.25) is 0 Å². The summed E-state index contributed by atoms with van der Waals surface area (Å²) in [4.78, 5) is 10.2. The first kappa shape index (κ1) is 40.3. The molecule has 1 aliphatic rings. The van der Waals surface area contributed by atoms with E-state index in [2.05, 4.69) is 240 Å². The molecular formula is C68H42N4. The predicted octanol–water partition coefficient (Wildman–Crippen LogP) is 17.8. The molecule has 0 atom stereocenters. The summed E-state index contributed by atoms with van der Waals surface area (Å²) in [5, 5.41) is 7.51. The Kier molecular flexibility index (Phi) is 8.92. The lowest BCUT2D eigenvalue weighted by atomic mass is 9.94. The smallest absolute Gasteiger partial charge is 0.160 e. The highest BCUT2D eigenvalue weighted by Crippen LogP contribution is 2.50. The van der Waals surface area contributed by atoms with E-state index in [-0.39, 0.29) is 0 Å². The molecule has 4 heteroatoms. The van der Waals surface area contributed by atoms with Crippen LogP contribution < -0.4 is 0 Å². The third kappa shape index (κ3) is 6.19. The predicted molar refractivity (Wildman–Crippen MR) is 300 cm³/mol. The molecule has 0 aliphatic heterocycles. The molecule has 0 amide bonds. The molecule has 15 rings (SSSR count). The van der Waals surface area contributed by atoms with E-state index < -0.39 is 0 Å². The molecule has 72 heavy (non-hydrogen) atoms. The molecule has 0 unspecified atom stereocenters. The standard InChI is InChI=1S/C68H42N4/c1-3-17-43(18-4-1)60-42-61(70-68(69-60)44-19-5-2-6-20-44)47-22-14-24-49(40-47)71-62-32-11-9-27-54(62)59-41-46(35-38-64(59)71)51-29-16-34-65-67(51)58-28-10-12-33-63(58)72(65)48-23-13-21-45(39-48)50-36-37-57-53-26-8-7-25-52(53)56-31-15-30-55(50)66(56)57/h1-42H. The Labute approximate surface area is 416 Å². The Balaban J connectivity index is 0.857. The second kappa shape index (κ2) is 16.0. The molecule has 0 spiro atoms. The number of fused-ring (bicyclic) bond motifs is 9. The molecule has 334 valence electrons. The number of hydrogen-bond acceptors (Lipinski definition) is 2. The van der Waals surface area contributed by atoms with Crippen molar-refractivity contribution in [2.24, 2.45) is 0 Å². The van der Waals surface area contributed by atoms with Gasteiger partial charge in [0.2, 0.25) is 0 Å². The Morgan fingerprint density at radius 1 is 0.236 bits per heavy atom. The van der Waals surface area contributed by atoms with E-state index in [1.807, 2.05) is 24.3 Å². The molecule has 0 saturated carbocycles. The highest BCUT2D eigenvalue weighted by atomic mass is 15.0. The van der Waals surface area contributed by atoms with Gasteiger partial charge in [0.1, 0.15) is 0 Å². The van der Waals surface area contributed by atoms with E-state index in [0.29, 0.717) is 5.82 Å². The van der Waals surface area contributed by atoms with Crippen molar-refractivity contribution < 1.29 is 0 Å². The summed E-state index contributed by atoms with van der Waals surface area (Å²) in [7, 11) is 0. The van der Waals surface area contributed by atoms with Crippen LogP contribution in [0.5, 0.6) is 0 Å². The lowest BCUT2D eigenvalue weighted by molar-refractivity contribution is 1.16. The minimum absolute atomic E-state index is 0.702. The minimum Gasteiger partial charge on any atom is -0.309 e. The van der Waals surface area contributed by atoms with Gasteiger partial charge in [-0.1, -0.05) is 194 Å². The van der Waals surface area contributed by atoms with Crippen LogP contribution in [-0.2, 0) is 0 Å². The van der Waals surface area contributed by atoms with Crippen molar-refractivity contribution in [3.63, 3.8) is 0 Å². The third-order valence-corrected chi connectivity index (χ3v) is 14.9. The zero-order valence-electron chi connectivity index (χ0n) is 39.0. The van der Waals surface area contributed by atoms with Gasteiger partial charge >= 0.3 is 0 Å². The van der Waals surface area contributed by atoms with Crippen LogP contribution in [0.4, 0.5) is 0 Å². The summed E-state index contributed by atoms with van der Waals surface area (Å²) >= 11 is 0. The molecule has 0 saturated heterocycles. The fourth-order valence-corrected chi connectivity index (χ4v) is 11.7. The summed E-state index contributed by atoms with van der Waals surface area (Å²) < 4.78 is 4.85. The van der Waals surface area contributed by atoms with Gasteiger partial charge in [0.25, 0.3) is 0 Å². The highest BCUT2D eigenvalue weighted by Gasteiger charge is 2.24. The molecule has 11 aromatic carbocycles. The van der Waals surface area contributed by atoms with E-state index in [1.165, 1.54) is 87.9 Å². The molecule has 4 nitrogen and oxygen atoms in total. The van der Waals surface area contributed by atoms with E-state index in [0.717, 1.165) is 50.5 Å². The maximum atomic E-state index is 5.18. The molecular weight excluding hydrogens is 873 g/mol. The van der Waals surface area contributed by atoms with Crippen LogP contribution in [0.3, 0.4) is 0 Å². The van der Waals surface area contributed by atoms with Gasteiger partial charge in [-0.2, -0.15) is 0 Å². The Bertz CT molecular complexity index is 4420. The van der Waals surface area contributed by atoms with Gasteiger partial charge in [-0.15, -0.1) is 0 Å². The topological polar surface area (TPSA) is 35.6 Å². The molecule has 0 N–H and O–H groups in total. The van der Waals surface area contributed by atoms with Gasteiger partial charge in [-0.25, -0.2) is 9.97 Å². The first-order valence-electron chi connectivity index (χ1n) is 24.6. The molecule has 3 aromatic heterocycles. The van der Waals surface area contributed by atoms with Gasteiger partial charge in [-0.05, 0) is 116 Å². The van der Waals surface area contributed by atoms with E-state index in [1.54, 1.807) is 0 Å². The minimum atomic E-state index is 0.702. The van der Waals surface area contributed by atoms with Crippen LogP contribution in [0, 0.1) is 0 Å². The van der Waals surface area contributed by atoms with E-state index in [4.69, 9.17) is 9.97 Å². The third-order valence-electron chi connectivity index (χ3n) is 14.9. The maximum absolute atomic E-state index is 5.18. The normalized spacial score (nSPS) is 11.9. The maximum Gasteiger partial charge on any atom is 0.160 e. The Morgan fingerprint density at radius 2 is 0.722 bits per heavy atom. The fraction of sp³-hybridized carbons (Fsp3) is 0. The van der Waals surface area contributed by atoms with Crippen LogP contribution in [0.2, 0.25) is 0 Å². The second-order valence-electron chi connectivity index (χ2n) is 18.9. The number of aromatic nitrogens is 4. The SMILES string of the molecule is c1ccc(-c2cc(-c3cccc(-n4c5ccccc5c5cc(-c6cccc7c6c6ccccc6n7-c6cccc(-c7ccc8c9c(cccc79)-c7ccccc7-8)c6)ccc54)c3)nc(-c3ccccc3)n2)cc1. The average molecular weight is 915 g/mol. The zero-order valence-corrected chi connectivity index (χ0v) is 39.0. The van der Waals surface area contributed by atoms with Gasteiger partial charge in [0.15, 0.2) is 5.82 Å². The van der Waals surface area contributed by atoms with Crippen molar-refractivity contribution in [2.75, 3.05) is 0 Å². The highest BCUT2D eigenvalue weighted by molar-refractivity contribution is 6.20. The van der Waals surface area contributed by atoms with Crippen LogP contribution in [0.25, 0.3) is 144 Å². The monoisotopic (exact) mass is 914 g/mol. The van der Waals surface area contributed by atoms with Crippen LogP contribution >= 0.6 is 0 Å². The fourth-order valence-electron chi connectivity index (χ4n) is 11.7. The lowest BCUT2D eigenvalue weighted by Crippen LogP contribution is -1.97. The summed E-state index contributed by atoms with van der Waals surface area (Å²) in [6.07, 6.45) is 0. The summed E-state index contributed by atoms with van der Waals surface area (Å²) in [6, 6.07) is 92.2. The number of para-hydroxylation sites is 2. The second-order valence-corrected chi connectivity index (χ2v) is 18.9. The first-order chi connectivity index (χ1) is 35.7. The molecule has 14 aromatic rings. The quantitative estimate of drug-likeness (QED) is 0.160.